The minimum Gasteiger partial charge on any atom is -0.145 e. The minimum atomic E-state index is -0.802. The molecule has 0 radical (unpaired) electrons. The molecule has 0 aliphatic heterocycles. The zero-order valence-electron chi connectivity index (χ0n) is 25.6. The number of benzene rings is 5. The first-order valence-corrected chi connectivity index (χ1v) is 19.5. The van der Waals surface area contributed by atoms with Crippen LogP contribution in [0.1, 0.15) is 14.6 Å². The summed E-state index contributed by atoms with van der Waals surface area (Å²) in [5.74, 6) is 0. The van der Waals surface area contributed by atoms with Crippen molar-refractivity contribution in [2.45, 2.75) is 20.8 Å². The molecule has 2 heterocycles. The van der Waals surface area contributed by atoms with Crippen LogP contribution in [0.3, 0.4) is 0 Å². The molecule has 0 unspecified atom stereocenters. The molecule has 0 amide bonds. The third-order valence-corrected chi connectivity index (χ3v) is 15.8. The lowest BCUT2D eigenvalue weighted by Gasteiger charge is -2.25. The van der Waals surface area contributed by atoms with Crippen LogP contribution in [0.4, 0.5) is 0 Å². The van der Waals surface area contributed by atoms with Crippen molar-refractivity contribution in [2.75, 3.05) is 0 Å². The molecule has 7 aromatic rings. The SMILES string of the molecule is Cc1sc(C)c(P(c2ccccc2)c2ccccc2)c1-c1c(-c2ccccc2)sc(C)c1P(c1ccccc1)c1ccccc1. The first-order valence-electron chi connectivity index (χ1n) is 15.2. The standard InChI is InChI=1S/C41H34P2S2/c1-29-37(39(30(2)44-29)42(33-21-11-5-12-22-33)34-23-13-6-14-24-34)38-40(31(3)45-41(38)32-19-9-4-10-20-32)43(35-25-15-7-16-26-35)36-27-17-8-18-28-36/h4-28H,1-3H3. The van der Waals surface area contributed by atoms with Gasteiger partial charge in [0.2, 0.25) is 0 Å². The van der Waals surface area contributed by atoms with E-state index in [1.807, 2.05) is 22.7 Å². The molecule has 0 aliphatic rings. The summed E-state index contributed by atoms with van der Waals surface area (Å²) in [5, 5.41) is 8.55. The Morgan fingerprint density at radius 2 is 0.689 bits per heavy atom. The Morgan fingerprint density at radius 1 is 0.356 bits per heavy atom. The van der Waals surface area contributed by atoms with Gasteiger partial charge in [-0.15, -0.1) is 22.7 Å². The minimum absolute atomic E-state index is 0.780. The Bertz CT molecular complexity index is 1930. The molecule has 0 N–H and O–H groups in total. The molecule has 45 heavy (non-hydrogen) atoms. The number of hydrogen-bond acceptors (Lipinski definition) is 2. The molecule has 0 fully saturated rings. The molecule has 7 rings (SSSR count). The van der Waals surface area contributed by atoms with Crippen LogP contribution in [0.5, 0.6) is 0 Å². The summed E-state index contributed by atoms with van der Waals surface area (Å²) in [6.07, 6.45) is 0. The van der Waals surface area contributed by atoms with Crippen LogP contribution in [-0.4, -0.2) is 0 Å². The van der Waals surface area contributed by atoms with Crippen LogP contribution in [0.15, 0.2) is 152 Å². The van der Waals surface area contributed by atoms with E-state index in [1.54, 1.807) is 0 Å². The van der Waals surface area contributed by atoms with Crippen molar-refractivity contribution in [3.05, 3.63) is 166 Å². The van der Waals surface area contributed by atoms with Gasteiger partial charge in [0.25, 0.3) is 0 Å². The maximum atomic E-state index is 2.35. The van der Waals surface area contributed by atoms with Crippen molar-refractivity contribution in [1.82, 2.24) is 0 Å². The molecule has 0 saturated carbocycles. The van der Waals surface area contributed by atoms with Gasteiger partial charge in [-0.25, -0.2) is 0 Å². The molecule has 4 heteroatoms. The molecule has 220 valence electrons. The molecule has 0 saturated heterocycles. The second-order valence-corrected chi connectivity index (χ2v) is 18.0. The van der Waals surface area contributed by atoms with Crippen molar-refractivity contribution < 1.29 is 0 Å². The lowest BCUT2D eigenvalue weighted by atomic mass is 10.0. The van der Waals surface area contributed by atoms with Crippen LogP contribution in [0.2, 0.25) is 0 Å². The van der Waals surface area contributed by atoms with Gasteiger partial charge in [-0.1, -0.05) is 152 Å². The highest BCUT2D eigenvalue weighted by Crippen LogP contribution is 2.51. The quantitative estimate of drug-likeness (QED) is 0.144. The normalized spacial score (nSPS) is 11.4. The highest BCUT2D eigenvalue weighted by atomic mass is 32.1. The molecule has 0 spiro atoms. The molecule has 0 nitrogen and oxygen atoms in total. The van der Waals surface area contributed by atoms with E-state index < -0.39 is 15.8 Å². The maximum Gasteiger partial charge on any atom is 0.0431 e. The highest BCUT2D eigenvalue weighted by molar-refractivity contribution is 7.81. The first-order chi connectivity index (χ1) is 22.1. The first kappa shape index (κ1) is 30.0. The van der Waals surface area contributed by atoms with Crippen LogP contribution in [0, 0.1) is 20.8 Å². The number of hydrogen-bond donors (Lipinski definition) is 0. The predicted molar refractivity (Wildman–Crippen MR) is 205 cm³/mol. The Hall–Kier alpha value is -3.64. The monoisotopic (exact) mass is 652 g/mol. The number of thiophene rings is 2. The number of aryl methyl sites for hydroxylation is 3. The fraction of sp³-hybridized carbons (Fsp3) is 0.0732. The van der Waals surface area contributed by atoms with Gasteiger partial charge in [-0.05, 0) is 63.4 Å². The van der Waals surface area contributed by atoms with Crippen LogP contribution in [0.25, 0.3) is 21.6 Å². The van der Waals surface area contributed by atoms with Crippen molar-refractivity contribution in [3.8, 4) is 21.6 Å². The zero-order chi connectivity index (χ0) is 30.8. The van der Waals surface area contributed by atoms with E-state index in [1.165, 1.54) is 68.0 Å². The van der Waals surface area contributed by atoms with Crippen molar-refractivity contribution in [1.29, 1.82) is 0 Å². The Labute approximate surface area is 277 Å². The molecule has 0 aliphatic carbocycles. The van der Waals surface area contributed by atoms with Gasteiger partial charge >= 0.3 is 0 Å². The summed E-state index contributed by atoms with van der Waals surface area (Å²) >= 11 is 3.93. The van der Waals surface area contributed by atoms with E-state index in [9.17, 15) is 0 Å². The summed E-state index contributed by atoms with van der Waals surface area (Å²) in [7, 11) is -1.58. The Balaban J connectivity index is 1.59. The van der Waals surface area contributed by atoms with E-state index in [2.05, 4.69) is 172 Å². The molecule has 5 aromatic carbocycles. The predicted octanol–water partition coefficient (Wildman–Crippen LogP) is 9.59. The second-order valence-electron chi connectivity index (χ2n) is 11.0. The molecule has 0 atom stereocenters. The molecule has 2 aromatic heterocycles. The molecule has 0 bridgehead atoms. The fourth-order valence-corrected chi connectivity index (χ4v) is 14.3. The van der Waals surface area contributed by atoms with Gasteiger partial charge in [-0.2, -0.15) is 0 Å². The van der Waals surface area contributed by atoms with Gasteiger partial charge in [-0.3, -0.25) is 0 Å². The maximum absolute atomic E-state index is 2.35. The third-order valence-electron chi connectivity index (χ3n) is 8.07. The largest absolute Gasteiger partial charge is 0.145 e. The summed E-state index contributed by atoms with van der Waals surface area (Å²) in [6, 6.07) is 55.8. The summed E-state index contributed by atoms with van der Waals surface area (Å²) in [4.78, 5) is 5.59. The van der Waals surface area contributed by atoms with E-state index >= 15 is 0 Å². The summed E-state index contributed by atoms with van der Waals surface area (Å²) in [5.41, 5.74) is 4.16. The van der Waals surface area contributed by atoms with E-state index in [0.717, 1.165) is 0 Å². The average molecular weight is 653 g/mol. The Kier molecular flexibility index (Phi) is 8.93. The lowest BCUT2D eigenvalue weighted by molar-refractivity contribution is 1.61. The molecular formula is C41H34P2S2. The smallest absolute Gasteiger partial charge is 0.0431 e. The Morgan fingerprint density at radius 3 is 1.09 bits per heavy atom. The van der Waals surface area contributed by atoms with Crippen molar-refractivity contribution >= 4 is 70.3 Å². The van der Waals surface area contributed by atoms with E-state index in [-0.39, 0.29) is 0 Å². The lowest BCUT2D eigenvalue weighted by Crippen LogP contribution is -2.26. The van der Waals surface area contributed by atoms with Crippen molar-refractivity contribution in [3.63, 3.8) is 0 Å². The van der Waals surface area contributed by atoms with Gasteiger partial charge in [0.05, 0.1) is 0 Å². The topological polar surface area (TPSA) is 0 Å². The van der Waals surface area contributed by atoms with Gasteiger partial charge in [0.1, 0.15) is 0 Å². The highest BCUT2D eigenvalue weighted by Gasteiger charge is 2.33. The van der Waals surface area contributed by atoms with Gasteiger partial charge in [0, 0.05) is 41.2 Å². The third kappa shape index (κ3) is 5.90. The fourth-order valence-electron chi connectivity index (χ4n) is 6.19. The van der Waals surface area contributed by atoms with Gasteiger partial charge in [0.15, 0.2) is 0 Å². The van der Waals surface area contributed by atoms with Crippen LogP contribution in [-0.2, 0) is 0 Å². The zero-order valence-corrected chi connectivity index (χ0v) is 29.1. The summed E-state index contributed by atoms with van der Waals surface area (Å²) < 4.78 is 0. The van der Waals surface area contributed by atoms with Crippen LogP contribution < -0.4 is 31.8 Å². The molecular weight excluding hydrogens is 619 g/mol. The number of rotatable bonds is 8. The van der Waals surface area contributed by atoms with E-state index in [4.69, 9.17) is 0 Å². The average Bonchev–Trinajstić information content (AvgIpc) is 3.57. The van der Waals surface area contributed by atoms with Gasteiger partial charge < -0.3 is 0 Å². The van der Waals surface area contributed by atoms with E-state index in [0.29, 0.717) is 0 Å². The summed E-state index contributed by atoms with van der Waals surface area (Å²) in [6.45, 7) is 7.04. The second kappa shape index (κ2) is 13.4. The van der Waals surface area contributed by atoms with Crippen molar-refractivity contribution in [2.24, 2.45) is 0 Å². The van der Waals surface area contributed by atoms with Crippen LogP contribution >= 0.6 is 38.5 Å².